The lowest BCUT2D eigenvalue weighted by Gasteiger charge is -2.09. The zero-order valence-electron chi connectivity index (χ0n) is 7.68. The monoisotopic (exact) mass is 170 g/mol. The van der Waals surface area contributed by atoms with Crippen LogP contribution in [0.15, 0.2) is 12.7 Å². The Morgan fingerprint density at radius 1 is 1.75 bits per heavy atom. The van der Waals surface area contributed by atoms with Crippen molar-refractivity contribution in [1.29, 1.82) is 0 Å². The van der Waals surface area contributed by atoms with Crippen LogP contribution in [0.5, 0.6) is 0 Å². The number of nitrogens with two attached hydrogens (primary N) is 1. The van der Waals surface area contributed by atoms with E-state index < -0.39 is 0 Å². The van der Waals surface area contributed by atoms with E-state index in [-0.39, 0.29) is 11.9 Å². The molecular formula is C9H18N2O. The fraction of sp³-hybridized carbons (Fsp3) is 0.667. The van der Waals surface area contributed by atoms with Crippen molar-refractivity contribution in [2.24, 2.45) is 5.73 Å². The van der Waals surface area contributed by atoms with Gasteiger partial charge in [-0.3, -0.25) is 4.79 Å². The van der Waals surface area contributed by atoms with Crippen LogP contribution in [0.1, 0.15) is 26.2 Å². The van der Waals surface area contributed by atoms with Crippen molar-refractivity contribution in [3.63, 3.8) is 0 Å². The number of carbonyl (C=O) groups excluding carboxylic acids is 1. The van der Waals surface area contributed by atoms with Crippen molar-refractivity contribution in [2.75, 3.05) is 6.54 Å². The molecule has 0 fully saturated rings. The average Bonchev–Trinajstić information content (AvgIpc) is 2.10. The van der Waals surface area contributed by atoms with E-state index in [9.17, 15) is 4.79 Å². The Labute approximate surface area is 74.0 Å². The summed E-state index contributed by atoms with van der Waals surface area (Å²) in [6, 6.07) is -0.357. The second-order valence-corrected chi connectivity index (χ2v) is 2.78. The normalized spacial score (nSPS) is 12.2. The van der Waals surface area contributed by atoms with Crippen molar-refractivity contribution >= 4 is 5.91 Å². The second kappa shape index (κ2) is 6.85. The van der Waals surface area contributed by atoms with E-state index in [0.29, 0.717) is 6.54 Å². The first-order chi connectivity index (χ1) is 5.72. The van der Waals surface area contributed by atoms with Crippen molar-refractivity contribution < 1.29 is 4.79 Å². The molecule has 1 atom stereocenters. The van der Waals surface area contributed by atoms with Crippen molar-refractivity contribution in [3.05, 3.63) is 12.7 Å². The minimum absolute atomic E-state index is 0.0802. The Morgan fingerprint density at radius 3 is 2.92 bits per heavy atom. The number of carbonyl (C=O) groups is 1. The maximum atomic E-state index is 11.1. The van der Waals surface area contributed by atoms with Crippen LogP contribution in [-0.4, -0.2) is 18.5 Å². The predicted molar refractivity (Wildman–Crippen MR) is 50.7 cm³/mol. The molecule has 0 aliphatic rings. The summed E-state index contributed by atoms with van der Waals surface area (Å²) in [6.45, 7) is 6.08. The first-order valence-electron chi connectivity index (χ1n) is 4.36. The van der Waals surface area contributed by atoms with E-state index in [2.05, 4.69) is 18.8 Å². The minimum atomic E-state index is -0.357. The highest BCUT2D eigenvalue weighted by atomic mass is 16.2. The van der Waals surface area contributed by atoms with Gasteiger partial charge in [0.2, 0.25) is 5.91 Å². The van der Waals surface area contributed by atoms with Gasteiger partial charge in [0.05, 0.1) is 6.04 Å². The van der Waals surface area contributed by atoms with Gasteiger partial charge in [-0.25, -0.2) is 0 Å². The quantitative estimate of drug-likeness (QED) is 0.579. The van der Waals surface area contributed by atoms with Crippen LogP contribution in [0.3, 0.4) is 0 Å². The molecule has 0 bridgehead atoms. The Bertz CT molecular complexity index is 145. The van der Waals surface area contributed by atoms with Gasteiger partial charge in [-0.15, -0.1) is 6.58 Å². The summed E-state index contributed by atoms with van der Waals surface area (Å²) >= 11 is 0. The van der Waals surface area contributed by atoms with Crippen LogP contribution in [0.4, 0.5) is 0 Å². The maximum Gasteiger partial charge on any atom is 0.237 e. The Morgan fingerprint density at radius 2 is 2.42 bits per heavy atom. The summed E-state index contributed by atoms with van der Waals surface area (Å²) in [7, 11) is 0. The Hall–Kier alpha value is -0.830. The lowest BCUT2D eigenvalue weighted by atomic mass is 10.1. The van der Waals surface area contributed by atoms with Crippen LogP contribution >= 0.6 is 0 Å². The highest BCUT2D eigenvalue weighted by Crippen LogP contribution is 1.97. The molecule has 0 aromatic heterocycles. The highest BCUT2D eigenvalue weighted by molar-refractivity contribution is 5.81. The number of hydrogen-bond acceptors (Lipinski definition) is 2. The fourth-order valence-corrected chi connectivity index (χ4v) is 0.859. The largest absolute Gasteiger partial charge is 0.351 e. The van der Waals surface area contributed by atoms with Crippen LogP contribution < -0.4 is 11.1 Å². The molecule has 0 aliphatic heterocycles. The maximum absolute atomic E-state index is 11.1. The molecule has 0 spiro atoms. The van der Waals surface area contributed by atoms with E-state index in [1.54, 1.807) is 6.08 Å². The molecule has 0 saturated carbocycles. The topological polar surface area (TPSA) is 55.1 Å². The number of amides is 1. The molecule has 70 valence electrons. The van der Waals surface area contributed by atoms with E-state index in [0.717, 1.165) is 19.3 Å². The van der Waals surface area contributed by atoms with E-state index in [1.165, 1.54) is 0 Å². The smallest absolute Gasteiger partial charge is 0.237 e. The van der Waals surface area contributed by atoms with Gasteiger partial charge in [-0.05, 0) is 6.42 Å². The highest BCUT2D eigenvalue weighted by Gasteiger charge is 2.10. The Kier molecular flexibility index (Phi) is 6.38. The van der Waals surface area contributed by atoms with E-state index in [4.69, 9.17) is 5.73 Å². The van der Waals surface area contributed by atoms with Gasteiger partial charge in [0, 0.05) is 6.54 Å². The van der Waals surface area contributed by atoms with Gasteiger partial charge >= 0.3 is 0 Å². The number of unbranched alkanes of at least 4 members (excludes halogenated alkanes) is 1. The number of hydrogen-bond donors (Lipinski definition) is 2. The SMILES string of the molecule is C=CCNC(=O)C(N)CCCC. The molecule has 0 aromatic carbocycles. The molecule has 0 radical (unpaired) electrons. The van der Waals surface area contributed by atoms with Gasteiger partial charge < -0.3 is 11.1 Å². The van der Waals surface area contributed by atoms with Crippen LogP contribution in [-0.2, 0) is 4.79 Å². The standard InChI is InChI=1S/C9H18N2O/c1-3-5-6-8(10)9(12)11-7-4-2/h4,8H,2-3,5-7,10H2,1H3,(H,11,12). The summed E-state index contributed by atoms with van der Waals surface area (Å²) in [6.07, 6.45) is 4.48. The zero-order chi connectivity index (χ0) is 9.40. The minimum Gasteiger partial charge on any atom is -0.351 e. The third-order valence-electron chi connectivity index (χ3n) is 1.63. The molecule has 0 rings (SSSR count). The lowest BCUT2D eigenvalue weighted by Crippen LogP contribution is -2.40. The lowest BCUT2D eigenvalue weighted by molar-refractivity contribution is -0.122. The third kappa shape index (κ3) is 4.91. The molecule has 12 heavy (non-hydrogen) atoms. The first kappa shape index (κ1) is 11.2. The predicted octanol–water partition coefficient (Wildman–Crippen LogP) is 0.806. The summed E-state index contributed by atoms with van der Waals surface area (Å²) in [5.41, 5.74) is 5.60. The van der Waals surface area contributed by atoms with Crippen LogP contribution in [0.25, 0.3) is 0 Å². The van der Waals surface area contributed by atoms with E-state index >= 15 is 0 Å². The molecule has 3 nitrogen and oxygen atoms in total. The van der Waals surface area contributed by atoms with Crippen molar-refractivity contribution in [1.82, 2.24) is 5.32 Å². The van der Waals surface area contributed by atoms with Gasteiger partial charge in [-0.1, -0.05) is 25.8 Å². The molecule has 1 amide bonds. The molecule has 3 N–H and O–H groups in total. The summed E-state index contributed by atoms with van der Waals surface area (Å²) in [4.78, 5) is 11.1. The molecule has 0 aromatic rings. The third-order valence-corrected chi connectivity index (χ3v) is 1.63. The number of rotatable bonds is 6. The summed E-state index contributed by atoms with van der Waals surface area (Å²) < 4.78 is 0. The summed E-state index contributed by atoms with van der Waals surface area (Å²) in [5.74, 6) is -0.0802. The van der Waals surface area contributed by atoms with Gasteiger partial charge in [0.15, 0.2) is 0 Å². The van der Waals surface area contributed by atoms with Crippen LogP contribution in [0, 0.1) is 0 Å². The average molecular weight is 170 g/mol. The second-order valence-electron chi connectivity index (χ2n) is 2.78. The molecule has 0 heterocycles. The molecule has 0 saturated heterocycles. The fourth-order valence-electron chi connectivity index (χ4n) is 0.859. The summed E-state index contributed by atoms with van der Waals surface area (Å²) in [5, 5.41) is 2.66. The van der Waals surface area contributed by atoms with Gasteiger partial charge in [0.25, 0.3) is 0 Å². The van der Waals surface area contributed by atoms with Crippen molar-refractivity contribution in [2.45, 2.75) is 32.2 Å². The van der Waals surface area contributed by atoms with E-state index in [1.807, 2.05) is 0 Å². The first-order valence-corrected chi connectivity index (χ1v) is 4.36. The zero-order valence-corrected chi connectivity index (χ0v) is 7.68. The van der Waals surface area contributed by atoms with Gasteiger partial charge in [0.1, 0.15) is 0 Å². The Balaban J connectivity index is 3.53. The van der Waals surface area contributed by atoms with Crippen molar-refractivity contribution in [3.8, 4) is 0 Å². The molecule has 0 aliphatic carbocycles. The molecule has 1 unspecified atom stereocenters. The number of nitrogens with one attached hydrogen (secondary N) is 1. The molecular weight excluding hydrogens is 152 g/mol. The van der Waals surface area contributed by atoms with Crippen LogP contribution in [0.2, 0.25) is 0 Å². The molecule has 3 heteroatoms. The van der Waals surface area contributed by atoms with Gasteiger partial charge in [-0.2, -0.15) is 0 Å².